The van der Waals surface area contributed by atoms with Crippen LogP contribution in [0.25, 0.3) is 10.8 Å². The summed E-state index contributed by atoms with van der Waals surface area (Å²) in [6.45, 7) is 3.99. The molecule has 4 heterocycles. The van der Waals surface area contributed by atoms with Gasteiger partial charge in [0.15, 0.2) is 17.3 Å². The molecule has 4 rings (SSSR count). The molecule has 0 bridgehead atoms. The molecule has 1 aliphatic heterocycles. The summed E-state index contributed by atoms with van der Waals surface area (Å²) in [6.07, 6.45) is 0.0968. The van der Waals surface area contributed by atoms with Gasteiger partial charge in [-0.05, 0) is 18.4 Å². The van der Waals surface area contributed by atoms with Crippen molar-refractivity contribution in [2.75, 3.05) is 37.0 Å². The monoisotopic (exact) mass is 402 g/mol. The number of aromatic nitrogens is 4. The average molecular weight is 402 g/mol. The summed E-state index contributed by atoms with van der Waals surface area (Å²) < 4.78 is 16.3. The van der Waals surface area contributed by atoms with Crippen LogP contribution in [0.3, 0.4) is 0 Å². The maximum absolute atomic E-state index is 12.6. The zero-order valence-corrected chi connectivity index (χ0v) is 16.1. The van der Waals surface area contributed by atoms with Crippen molar-refractivity contribution in [2.24, 2.45) is 0 Å². The number of morpholine rings is 1. The van der Waals surface area contributed by atoms with Crippen molar-refractivity contribution in [3.8, 4) is 16.5 Å². The molecule has 1 saturated heterocycles. The first-order valence-corrected chi connectivity index (χ1v) is 9.49. The predicted molar refractivity (Wildman–Crippen MR) is 102 cm³/mol. The van der Waals surface area contributed by atoms with E-state index in [1.807, 2.05) is 29.3 Å². The summed E-state index contributed by atoms with van der Waals surface area (Å²) in [7, 11) is 1.47. The summed E-state index contributed by atoms with van der Waals surface area (Å²) in [5.74, 6) is 0.716. The smallest absolute Gasteiger partial charge is 0.322 e. The fourth-order valence-electron chi connectivity index (χ4n) is 2.79. The first kappa shape index (κ1) is 18.3. The van der Waals surface area contributed by atoms with Crippen LogP contribution in [0.1, 0.15) is 17.4 Å². The lowest BCUT2D eigenvalue weighted by Gasteiger charge is -2.31. The van der Waals surface area contributed by atoms with Crippen LogP contribution in [-0.2, 0) is 4.74 Å². The van der Waals surface area contributed by atoms with E-state index in [-0.39, 0.29) is 17.8 Å². The van der Waals surface area contributed by atoms with Crippen molar-refractivity contribution in [1.29, 1.82) is 0 Å². The van der Waals surface area contributed by atoms with Gasteiger partial charge in [0.2, 0.25) is 0 Å². The van der Waals surface area contributed by atoms with Crippen LogP contribution in [0.4, 0.5) is 11.8 Å². The number of nitrogens with zero attached hydrogens (tertiary/aromatic N) is 5. The van der Waals surface area contributed by atoms with Crippen molar-refractivity contribution >= 4 is 29.1 Å². The number of anilines is 2. The molecule has 0 unspecified atom stereocenters. The average Bonchev–Trinajstić information content (AvgIpc) is 3.39. The zero-order valence-electron chi connectivity index (χ0n) is 15.3. The van der Waals surface area contributed by atoms with Crippen LogP contribution in [0.2, 0.25) is 0 Å². The van der Waals surface area contributed by atoms with Gasteiger partial charge in [-0.15, -0.1) is 26.6 Å². The number of methoxy groups -OCH3 is 1. The standard InChI is InChI=1S/C17H18N6O4S/c1-10-9-23(5-6-26-10)13-8-11(25-2)14(20-19-13)15(24)18-17-22-21-16(27-17)12-4-3-7-28-12/h3-4,7-8,10H,5-6,9H2,1-2H3,(H,18,22,24)/t10-/m0/s1. The van der Waals surface area contributed by atoms with Crippen molar-refractivity contribution in [3.63, 3.8) is 0 Å². The molecular formula is C17H18N6O4S. The van der Waals surface area contributed by atoms with Crippen molar-refractivity contribution in [2.45, 2.75) is 13.0 Å². The Bertz CT molecular complexity index is 960. The molecule has 146 valence electrons. The van der Waals surface area contributed by atoms with Gasteiger partial charge in [-0.1, -0.05) is 11.2 Å². The van der Waals surface area contributed by atoms with Crippen LogP contribution in [0.5, 0.6) is 5.75 Å². The predicted octanol–water partition coefficient (Wildman–Crippen LogP) is 2.07. The minimum absolute atomic E-state index is 0.0247. The lowest BCUT2D eigenvalue weighted by atomic mass is 10.2. The highest BCUT2D eigenvalue weighted by molar-refractivity contribution is 7.13. The third kappa shape index (κ3) is 3.80. The van der Waals surface area contributed by atoms with Crippen LogP contribution in [0.15, 0.2) is 28.0 Å². The van der Waals surface area contributed by atoms with Crippen molar-refractivity contribution < 1.29 is 18.7 Å². The van der Waals surface area contributed by atoms with Gasteiger partial charge in [0, 0.05) is 19.2 Å². The van der Waals surface area contributed by atoms with E-state index in [0.29, 0.717) is 37.2 Å². The van der Waals surface area contributed by atoms with Crippen LogP contribution < -0.4 is 15.0 Å². The molecule has 0 radical (unpaired) electrons. The van der Waals surface area contributed by atoms with E-state index in [1.165, 1.54) is 18.4 Å². The number of hydrogen-bond acceptors (Lipinski definition) is 10. The fraction of sp³-hybridized carbons (Fsp3) is 0.353. The molecule has 3 aromatic rings. The second kappa shape index (κ2) is 7.90. The molecule has 1 atom stereocenters. The molecule has 1 amide bonds. The highest BCUT2D eigenvalue weighted by Crippen LogP contribution is 2.26. The van der Waals surface area contributed by atoms with Gasteiger partial charge in [-0.3, -0.25) is 10.1 Å². The molecule has 0 saturated carbocycles. The molecule has 1 N–H and O–H groups in total. The number of nitrogens with one attached hydrogen (secondary N) is 1. The van der Waals surface area contributed by atoms with E-state index >= 15 is 0 Å². The second-order valence-electron chi connectivity index (χ2n) is 6.09. The molecule has 0 aliphatic carbocycles. The number of thiophene rings is 1. The minimum atomic E-state index is -0.548. The molecule has 3 aromatic heterocycles. The normalized spacial score (nSPS) is 16.8. The van der Waals surface area contributed by atoms with Crippen LogP contribution >= 0.6 is 11.3 Å². The van der Waals surface area contributed by atoms with Gasteiger partial charge < -0.3 is 18.8 Å². The molecular weight excluding hydrogens is 384 g/mol. The molecule has 28 heavy (non-hydrogen) atoms. The summed E-state index contributed by atoms with van der Waals surface area (Å²) >= 11 is 1.46. The first-order chi connectivity index (χ1) is 13.6. The maximum Gasteiger partial charge on any atom is 0.322 e. The molecule has 1 fully saturated rings. The lowest BCUT2D eigenvalue weighted by molar-refractivity contribution is 0.0528. The Balaban J connectivity index is 1.51. The lowest BCUT2D eigenvalue weighted by Crippen LogP contribution is -2.41. The summed E-state index contributed by atoms with van der Waals surface area (Å²) in [5, 5.41) is 20.4. The second-order valence-corrected chi connectivity index (χ2v) is 7.04. The quantitative estimate of drug-likeness (QED) is 0.684. The Kier molecular flexibility index (Phi) is 5.17. The van der Waals surface area contributed by atoms with Gasteiger partial charge >= 0.3 is 6.01 Å². The Morgan fingerprint density at radius 1 is 1.36 bits per heavy atom. The van der Waals surface area contributed by atoms with E-state index in [4.69, 9.17) is 13.9 Å². The number of hydrogen-bond donors (Lipinski definition) is 1. The topological polar surface area (TPSA) is 116 Å². The van der Waals surface area contributed by atoms with Crippen molar-refractivity contribution in [3.05, 3.63) is 29.3 Å². The highest BCUT2D eigenvalue weighted by atomic mass is 32.1. The molecule has 0 aromatic carbocycles. The van der Waals surface area contributed by atoms with E-state index < -0.39 is 5.91 Å². The van der Waals surface area contributed by atoms with Crippen LogP contribution in [0, 0.1) is 0 Å². The first-order valence-electron chi connectivity index (χ1n) is 8.61. The van der Waals surface area contributed by atoms with Gasteiger partial charge in [-0.2, -0.15) is 0 Å². The minimum Gasteiger partial charge on any atom is -0.494 e. The Morgan fingerprint density at radius 2 is 2.25 bits per heavy atom. The van der Waals surface area contributed by atoms with Crippen molar-refractivity contribution in [1.82, 2.24) is 20.4 Å². The summed E-state index contributed by atoms with van der Waals surface area (Å²) in [4.78, 5) is 15.4. The van der Waals surface area contributed by atoms with E-state index in [0.717, 1.165) is 4.88 Å². The van der Waals surface area contributed by atoms with E-state index in [9.17, 15) is 4.79 Å². The van der Waals surface area contributed by atoms with E-state index in [1.54, 1.807) is 6.07 Å². The Morgan fingerprint density at radius 3 is 3.00 bits per heavy atom. The number of carbonyl (C=O) groups excluding carboxylic acids is 1. The van der Waals surface area contributed by atoms with Gasteiger partial charge in [0.05, 0.1) is 24.7 Å². The number of carbonyl (C=O) groups is 1. The summed E-state index contributed by atoms with van der Waals surface area (Å²) in [5.41, 5.74) is 0.0310. The van der Waals surface area contributed by atoms with Crippen LogP contribution in [-0.4, -0.2) is 59.2 Å². The van der Waals surface area contributed by atoms with Gasteiger partial charge in [-0.25, -0.2) is 0 Å². The highest BCUT2D eigenvalue weighted by Gasteiger charge is 2.23. The number of ether oxygens (including phenoxy) is 2. The fourth-order valence-corrected chi connectivity index (χ4v) is 3.43. The third-order valence-electron chi connectivity index (χ3n) is 4.12. The third-order valence-corrected chi connectivity index (χ3v) is 4.98. The molecule has 1 aliphatic rings. The van der Waals surface area contributed by atoms with Gasteiger partial charge in [0.25, 0.3) is 11.8 Å². The Labute approximate surface area is 164 Å². The Hall–Kier alpha value is -3.05. The largest absolute Gasteiger partial charge is 0.494 e. The molecule has 11 heteroatoms. The maximum atomic E-state index is 12.6. The van der Waals surface area contributed by atoms with E-state index in [2.05, 4.69) is 25.7 Å². The number of amides is 1. The summed E-state index contributed by atoms with van der Waals surface area (Å²) in [6, 6.07) is 5.39. The molecule has 0 spiro atoms. The SMILES string of the molecule is COc1cc(N2CCO[C@@H](C)C2)nnc1C(=O)Nc1nnc(-c2cccs2)o1. The number of rotatable bonds is 5. The molecule has 10 nitrogen and oxygen atoms in total. The zero-order chi connectivity index (χ0) is 19.5. The van der Waals surface area contributed by atoms with Gasteiger partial charge in [0.1, 0.15) is 0 Å².